The van der Waals surface area contributed by atoms with E-state index >= 15 is 0 Å². The van der Waals surface area contributed by atoms with Gasteiger partial charge in [-0.25, -0.2) is 12.8 Å². The number of thiophene rings is 1. The largest absolute Gasteiger partial charge is 0.379 e. The highest BCUT2D eigenvalue weighted by atomic mass is 32.2. The van der Waals surface area contributed by atoms with Gasteiger partial charge in [0.05, 0.1) is 10.6 Å². The number of anilines is 1. The van der Waals surface area contributed by atoms with E-state index in [2.05, 4.69) is 5.32 Å². The Balaban J connectivity index is 2.22. The molecule has 0 atom stereocenters. The molecule has 0 unspecified atom stereocenters. The summed E-state index contributed by atoms with van der Waals surface area (Å²) in [6, 6.07) is 5.67. The van der Waals surface area contributed by atoms with Gasteiger partial charge < -0.3 is 5.32 Å². The van der Waals surface area contributed by atoms with Crippen LogP contribution in [0.1, 0.15) is 5.56 Å². The van der Waals surface area contributed by atoms with Crippen LogP contribution in [0.5, 0.6) is 0 Å². The Morgan fingerprint density at radius 2 is 2.11 bits per heavy atom. The molecule has 0 amide bonds. The lowest BCUT2D eigenvalue weighted by atomic mass is 10.3. The van der Waals surface area contributed by atoms with Gasteiger partial charge in [0, 0.05) is 12.8 Å². The molecule has 18 heavy (non-hydrogen) atoms. The maximum absolute atomic E-state index is 13.5. The topological polar surface area (TPSA) is 46.2 Å². The van der Waals surface area contributed by atoms with E-state index in [1.807, 2.05) is 16.8 Å². The van der Waals surface area contributed by atoms with E-state index in [1.54, 1.807) is 11.3 Å². The lowest BCUT2D eigenvalue weighted by Crippen LogP contribution is -2.03. The van der Waals surface area contributed by atoms with Crippen molar-refractivity contribution in [2.24, 2.45) is 0 Å². The van der Waals surface area contributed by atoms with Crippen LogP contribution in [-0.2, 0) is 16.4 Å². The summed E-state index contributed by atoms with van der Waals surface area (Å²) in [7, 11) is -3.32. The monoisotopic (exact) mass is 285 g/mol. The summed E-state index contributed by atoms with van der Waals surface area (Å²) in [6.07, 6.45) is 1.10. The molecule has 1 aromatic carbocycles. The number of hydrogen-bond donors (Lipinski definition) is 1. The molecule has 0 aliphatic rings. The van der Waals surface area contributed by atoms with Crippen LogP contribution in [0.4, 0.5) is 10.1 Å². The summed E-state index contributed by atoms with van der Waals surface area (Å²) in [6.45, 7) is 0.466. The van der Waals surface area contributed by atoms with Gasteiger partial charge in [-0.1, -0.05) is 0 Å². The van der Waals surface area contributed by atoms with Crippen molar-refractivity contribution in [1.29, 1.82) is 0 Å². The van der Waals surface area contributed by atoms with Crippen molar-refractivity contribution in [2.75, 3.05) is 11.6 Å². The van der Waals surface area contributed by atoms with Crippen molar-refractivity contribution in [2.45, 2.75) is 11.4 Å². The molecule has 0 aliphatic carbocycles. The van der Waals surface area contributed by atoms with E-state index in [0.29, 0.717) is 6.54 Å². The van der Waals surface area contributed by atoms with Gasteiger partial charge >= 0.3 is 0 Å². The minimum atomic E-state index is -3.32. The maximum atomic E-state index is 13.5. The number of benzene rings is 1. The SMILES string of the molecule is CS(=O)(=O)c1ccc(F)c(NCc2ccsc2)c1. The van der Waals surface area contributed by atoms with Gasteiger partial charge in [-0.05, 0) is 40.6 Å². The molecule has 0 fully saturated rings. The first-order valence-corrected chi connectivity index (χ1v) is 8.05. The van der Waals surface area contributed by atoms with E-state index in [0.717, 1.165) is 17.9 Å². The molecule has 0 bridgehead atoms. The average Bonchev–Trinajstić information content (AvgIpc) is 2.79. The van der Waals surface area contributed by atoms with Crippen LogP contribution in [0.3, 0.4) is 0 Å². The van der Waals surface area contributed by atoms with Gasteiger partial charge in [0.25, 0.3) is 0 Å². The highest BCUT2D eigenvalue weighted by molar-refractivity contribution is 7.90. The molecular formula is C12H12FNO2S2. The summed E-state index contributed by atoms with van der Waals surface area (Å²) in [5.74, 6) is -0.461. The van der Waals surface area contributed by atoms with Crippen LogP contribution in [0, 0.1) is 5.82 Å². The molecule has 1 aromatic heterocycles. The molecule has 2 rings (SSSR count). The summed E-state index contributed by atoms with van der Waals surface area (Å²) < 4.78 is 36.3. The highest BCUT2D eigenvalue weighted by Crippen LogP contribution is 2.20. The second kappa shape index (κ2) is 5.07. The summed E-state index contributed by atoms with van der Waals surface area (Å²) in [5.41, 5.74) is 1.23. The molecular weight excluding hydrogens is 273 g/mol. The van der Waals surface area contributed by atoms with Crippen LogP contribution >= 0.6 is 11.3 Å². The fourth-order valence-electron chi connectivity index (χ4n) is 1.46. The normalized spacial score (nSPS) is 11.4. The fraction of sp³-hybridized carbons (Fsp3) is 0.167. The smallest absolute Gasteiger partial charge is 0.175 e. The van der Waals surface area contributed by atoms with Crippen molar-refractivity contribution >= 4 is 26.9 Å². The van der Waals surface area contributed by atoms with Crippen molar-refractivity contribution < 1.29 is 12.8 Å². The first-order chi connectivity index (χ1) is 8.47. The third-order valence-electron chi connectivity index (χ3n) is 2.43. The molecule has 1 N–H and O–H groups in total. The molecule has 0 saturated heterocycles. The number of hydrogen-bond acceptors (Lipinski definition) is 4. The fourth-order valence-corrected chi connectivity index (χ4v) is 2.78. The third-order valence-corrected chi connectivity index (χ3v) is 4.27. The predicted molar refractivity (Wildman–Crippen MR) is 71.2 cm³/mol. The van der Waals surface area contributed by atoms with Crippen molar-refractivity contribution in [3.05, 3.63) is 46.4 Å². The van der Waals surface area contributed by atoms with Gasteiger partial charge in [-0.3, -0.25) is 0 Å². The minimum Gasteiger partial charge on any atom is -0.379 e. The first-order valence-electron chi connectivity index (χ1n) is 5.21. The minimum absolute atomic E-state index is 0.108. The van der Waals surface area contributed by atoms with Gasteiger partial charge in [0.15, 0.2) is 9.84 Å². The Bertz CT molecular complexity index is 636. The first kappa shape index (κ1) is 13.0. The molecule has 3 nitrogen and oxygen atoms in total. The predicted octanol–water partition coefficient (Wildman–Crippen LogP) is 2.90. The molecule has 2 aromatic rings. The third kappa shape index (κ3) is 3.08. The highest BCUT2D eigenvalue weighted by Gasteiger charge is 2.10. The molecule has 6 heteroatoms. The molecule has 0 radical (unpaired) electrons. The molecule has 0 aliphatic heterocycles. The van der Waals surface area contributed by atoms with Gasteiger partial charge in [-0.2, -0.15) is 11.3 Å². The Hall–Kier alpha value is -1.40. The number of rotatable bonds is 4. The average molecular weight is 285 g/mol. The van der Waals surface area contributed by atoms with E-state index in [1.165, 1.54) is 12.1 Å². The molecule has 96 valence electrons. The zero-order valence-corrected chi connectivity index (χ0v) is 11.3. The van der Waals surface area contributed by atoms with Crippen LogP contribution in [0.2, 0.25) is 0 Å². The van der Waals surface area contributed by atoms with Gasteiger partial charge in [0.2, 0.25) is 0 Å². The quantitative estimate of drug-likeness (QED) is 0.879. The molecule has 0 saturated carbocycles. The Morgan fingerprint density at radius 3 is 2.72 bits per heavy atom. The van der Waals surface area contributed by atoms with E-state index < -0.39 is 15.7 Å². The maximum Gasteiger partial charge on any atom is 0.175 e. The summed E-state index contributed by atoms with van der Waals surface area (Å²) >= 11 is 1.56. The second-order valence-electron chi connectivity index (χ2n) is 3.90. The lowest BCUT2D eigenvalue weighted by molar-refractivity contribution is 0.600. The standard InChI is InChI=1S/C12H12FNO2S2/c1-18(15,16)10-2-3-11(13)12(6-10)14-7-9-4-5-17-8-9/h2-6,8,14H,7H2,1H3. The second-order valence-corrected chi connectivity index (χ2v) is 6.69. The number of halogens is 1. The summed E-state index contributed by atoms with van der Waals surface area (Å²) in [4.78, 5) is 0.108. The van der Waals surface area contributed by atoms with Crippen LogP contribution in [0.25, 0.3) is 0 Å². The number of sulfone groups is 1. The van der Waals surface area contributed by atoms with Crippen molar-refractivity contribution in [3.63, 3.8) is 0 Å². The van der Waals surface area contributed by atoms with E-state index in [9.17, 15) is 12.8 Å². The van der Waals surface area contributed by atoms with Gasteiger partial charge in [-0.15, -0.1) is 0 Å². The van der Waals surface area contributed by atoms with Crippen molar-refractivity contribution in [1.82, 2.24) is 0 Å². The Morgan fingerprint density at radius 1 is 1.33 bits per heavy atom. The summed E-state index contributed by atoms with van der Waals surface area (Å²) in [5, 5.41) is 6.78. The van der Waals surface area contributed by atoms with E-state index in [-0.39, 0.29) is 10.6 Å². The molecule has 1 heterocycles. The van der Waals surface area contributed by atoms with E-state index in [4.69, 9.17) is 0 Å². The zero-order chi connectivity index (χ0) is 13.2. The lowest BCUT2D eigenvalue weighted by Gasteiger charge is -2.08. The van der Waals surface area contributed by atoms with Crippen LogP contribution < -0.4 is 5.32 Å². The van der Waals surface area contributed by atoms with Crippen LogP contribution in [0.15, 0.2) is 39.9 Å². The Kier molecular flexibility index (Phi) is 3.68. The molecule has 0 spiro atoms. The zero-order valence-electron chi connectivity index (χ0n) is 9.68. The number of nitrogens with one attached hydrogen (secondary N) is 1. The Labute approximate surface area is 109 Å². The van der Waals surface area contributed by atoms with Crippen LogP contribution in [-0.4, -0.2) is 14.7 Å². The van der Waals surface area contributed by atoms with Crippen molar-refractivity contribution in [3.8, 4) is 0 Å². The van der Waals surface area contributed by atoms with Gasteiger partial charge in [0.1, 0.15) is 5.82 Å².